The first-order chi connectivity index (χ1) is 45.7. The number of hydrogen-bond donors (Lipinski definition) is 3. The van der Waals surface area contributed by atoms with Crippen LogP contribution in [0.4, 0.5) is 0 Å². The van der Waals surface area contributed by atoms with Crippen LogP contribution in [0.3, 0.4) is 0 Å². The van der Waals surface area contributed by atoms with Crippen LogP contribution in [0.5, 0.6) is 0 Å². The molecule has 0 aromatic heterocycles. The topological polar surface area (TPSA) is 237 Å². The van der Waals surface area contributed by atoms with E-state index in [4.69, 9.17) is 37.0 Å². The predicted octanol–water partition coefficient (Wildman–Crippen LogP) is 22.0. The Bertz CT molecular complexity index is 1870. The molecule has 0 aliphatic carbocycles. The highest BCUT2D eigenvalue weighted by atomic mass is 31.2. The second-order valence-electron chi connectivity index (χ2n) is 28.8. The van der Waals surface area contributed by atoms with Crippen LogP contribution in [0, 0.1) is 23.7 Å². The summed E-state index contributed by atoms with van der Waals surface area (Å²) in [6.07, 6.45) is 50.2. The van der Waals surface area contributed by atoms with Gasteiger partial charge < -0.3 is 33.8 Å². The van der Waals surface area contributed by atoms with Crippen molar-refractivity contribution in [1.29, 1.82) is 0 Å². The first-order valence-electron chi connectivity index (χ1n) is 39.3. The minimum atomic E-state index is -4.96. The van der Waals surface area contributed by atoms with Crippen molar-refractivity contribution in [2.24, 2.45) is 23.7 Å². The number of phosphoric ester groups is 2. The van der Waals surface area contributed by atoms with Gasteiger partial charge in [-0.2, -0.15) is 0 Å². The highest BCUT2D eigenvalue weighted by Gasteiger charge is 2.30. The van der Waals surface area contributed by atoms with Gasteiger partial charge in [0.15, 0.2) is 12.2 Å². The summed E-state index contributed by atoms with van der Waals surface area (Å²) >= 11 is 0. The Balaban J connectivity index is 5.16. The molecule has 3 N–H and O–H groups in total. The largest absolute Gasteiger partial charge is 0.472 e. The van der Waals surface area contributed by atoms with Gasteiger partial charge in [0.05, 0.1) is 26.4 Å². The van der Waals surface area contributed by atoms with Gasteiger partial charge in [0.1, 0.15) is 19.3 Å². The lowest BCUT2D eigenvalue weighted by atomic mass is 9.99. The monoisotopic (exact) mass is 1400 g/mol. The second-order valence-corrected chi connectivity index (χ2v) is 31.7. The average molecular weight is 1400 g/mol. The SMILES string of the molecule is CCC(C)CCCCCCCCCCCCCCCCCCCCC(=O)O[C@H](COC(=O)CCCCCCCCC(C)C)COP(=O)(O)OC[C@H](O)COP(=O)(O)OC[C@@H](COC(=O)CCCCCCCCCCC(C)CC)OC(=O)CCCCCCCCCCCC(C)C. The van der Waals surface area contributed by atoms with Gasteiger partial charge in [0.25, 0.3) is 0 Å². The van der Waals surface area contributed by atoms with E-state index in [-0.39, 0.29) is 25.7 Å². The summed E-state index contributed by atoms with van der Waals surface area (Å²) in [4.78, 5) is 72.7. The van der Waals surface area contributed by atoms with E-state index in [1.807, 2.05) is 0 Å². The molecule has 0 heterocycles. The molecule has 0 fully saturated rings. The van der Waals surface area contributed by atoms with E-state index < -0.39 is 97.5 Å². The molecule has 0 saturated carbocycles. The van der Waals surface area contributed by atoms with Gasteiger partial charge in [-0.05, 0) is 49.4 Å². The molecule has 0 amide bonds. The Kier molecular flexibility index (Phi) is 64.0. The van der Waals surface area contributed by atoms with Crippen LogP contribution in [0.2, 0.25) is 0 Å². The minimum Gasteiger partial charge on any atom is -0.462 e. The molecule has 4 unspecified atom stereocenters. The van der Waals surface area contributed by atoms with E-state index in [1.165, 1.54) is 180 Å². The van der Waals surface area contributed by atoms with E-state index >= 15 is 0 Å². The number of aliphatic hydroxyl groups is 1. The zero-order chi connectivity index (χ0) is 70.3. The minimum absolute atomic E-state index is 0.104. The van der Waals surface area contributed by atoms with Gasteiger partial charge in [-0.15, -0.1) is 0 Å². The lowest BCUT2D eigenvalue weighted by Crippen LogP contribution is -2.30. The van der Waals surface area contributed by atoms with Crippen molar-refractivity contribution < 1.29 is 80.2 Å². The smallest absolute Gasteiger partial charge is 0.462 e. The molecule has 0 aromatic carbocycles. The molecule has 0 saturated heterocycles. The van der Waals surface area contributed by atoms with Crippen LogP contribution in [-0.4, -0.2) is 96.7 Å². The normalized spacial score (nSPS) is 14.7. The molecule has 0 radical (unpaired) electrons. The molecular formula is C76H148O17P2. The van der Waals surface area contributed by atoms with Gasteiger partial charge in [0, 0.05) is 25.7 Å². The van der Waals surface area contributed by atoms with Crippen molar-refractivity contribution in [3.63, 3.8) is 0 Å². The molecule has 0 aliphatic heterocycles. The van der Waals surface area contributed by atoms with Crippen LogP contribution in [0.15, 0.2) is 0 Å². The van der Waals surface area contributed by atoms with E-state index in [9.17, 15) is 43.2 Å². The summed E-state index contributed by atoms with van der Waals surface area (Å²) < 4.78 is 68.4. The maximum absolute atomic E-state index is 13.1. The first-order valence-corrected chi connectivity index (χ1v) is 42.3. The van der Waals surface area contributed by atoms with Gasteiger partial charge in [-0.25, -0.2) is 9.13 Å². The maximum Gasteiger partial charge on any atom is 0.472 e. The van der Waals surface area contributed by atoms with Crippen molar-refractivity contribution in [3.05, 3.63) is 0 Å². The summed E-state index contributed by atoms with van der Waals surface area (Å²) in [6.45, 7) is 14.2. The summed E-state index contributed by atoms with van der Waals surface area (Å²) in [5, 5.41) is 10.6. The van der Waals surface area contributed by atoms with E-state index in [0.29, 0.717) is 31.6 Å². The van der Waals surface area contributed by atoms with E-state index in [1.54, 1.807) is 0 Å². The van der Waals surface area contributed by atoms with Crippen LogP contribution < -0.4 is 0 Å². The van der Waals surface area contributed by atoms with Crippen molar-refractivity contribution in [1.82, 2.24) is 0 Å². The quantitative estimate of drug-likeness (QED) is 0.0222. The van der Waals surface area contributed by atoms with Crippen LogP contribution >= 0.6 is 15.6 Å². The third kappa shape index (κ3) is 67.6. The van der Waals surface area contributed by atoms with E-state index in [0.717, 1.165) is 114 Å². The molecule has 0 aromatic rings. The van der Waals surface area contributed by atoms with Crippen molar-refractivity contribution in [2.45, 2.75) is 401 Å². The zero-order valence-corrected chi connectivity index (χ0v) is 64.1. The van der Waals surface area contributed by atoms with Gasteiger partial charge >= 0.3 is 39.5 Å². The summed E-state index contributed by atoms with van der Waals surface area (Å²) in [7, 11) is -9.91. The molecular weight excluding hydrogens is 1250 g/mol. The number of esters is 4. The zero-order valence-electron chi connectivity index (χ0n) is 62.3. The third-order valence-electron chi connectivity index (χ3n) is 18.3. The summed E-state index contributed by atoms with van der Waals surface area (Å²) in [6, 6.07) is 0. The predicted molar refractivity (Wildman–Crippen MR) is 386 cm³/mol. The number of ether oxygens (including phenoxy) is 4. The third-order valence-corrected chi connectivity index (χ3v) is 20.2. The van der Waals surface area contributed by atoms with Crippen molar-refractivity contribution in [3.8, 4) is 0 Å². The van der Waals surface area contributed by atoms with Gasteiger partial charge in [0.2, 0.25) is 0 Å². The number of hydrogen-bond acceptors (Lipinski definition) is 15. The Morgan fingerprint density at radius 1 is 0.295 bits per heavy atom. The molecule has 17 nitrogen and oxygen atoms in total. The number of unbranched alkanes of at least 4 members (excludes halogenated alkanes) is 37. The lowest BCUT2D eigenvalue weighted by molar-refractivity contribution is -0.161. The molecule has 0 bridgehead atoms. The van der Waals surface area contributed by atoms with Gasteiger partial charge in [-0.3, -0.25) is 37.3 Å². The number of rotatable bonds is 73. The van der Waals surface area contributed by atoms with Crippen molar-refractivity contribution in [2.75, 3.05) is 39.6 Å². The molecule has 19 heteroatoms. The fourth-order valence-electron chi connectivity index (χ4n) is 11.5. The standard InChI is InChI=1S/C76H148O17P2/c1-9-68(7)54-46-38-29-23-19-17-15-13-11-12-14-16-18-20-24-32-42-50-58-75(80)93-72(63-87-74(79)57-49-41-35-34-37-45-53-67(5)6)65-91-95(84,85)89-61-70(77)60-88-94(82,83)90-64-71(92-76(81)59-51-43-33-25-21-22-28-36-44-52-66(3)4)62-86-73(78)56-48-40-31-27-26-30-39-47-55-69(8)10-2/h66-72,77H,9-65H2,1-8H3,(H,82,83)(H,84,85)/t68?,69?,70-,71-,72-/m1/s1. The highest BCUT2D eigenvalue weighted by Crippen LogP contribution is 2.45. The molecule has 95 heavy (non-hydrogen) atoms. The molecule has 0 spiro atoms. The van der Waals surface area contributed by atoms with Crippen LogP contribution in [0.1, 0.15) is 383 Å². The van der Waals surface area contributed by atoms with Crippen LogP contribution in [0.25, 0.3) is 0 Å². The Labute approximate surface area is 581 Å². The molecule has 7 atom stereocenters. The fourth-order valence-corrected chi connectivity index (χ4v) is 13.1. The molecule has 0 rings (SSSR count). The number of phosphoric acid groups is 2. The molecule has 0 aliphatic rings. The highest BCUT2D eigenvalue weighted by molar-refractivity contribution is 7.47. The summed E-state index contributed by atoms with van der Waals surface area (Å²) in [5.74, 6) is 0.939. The van der Waals surface area contributed by atoms with Crippen molar-refractivity contribution >= 4 is 39.5 Å². The Morgan fingerprint density at radius 3 is 0.747 bits per heavy atom. The average Bonchev–Trinajstić information content (AvgIpc) is 1.84. The first kappa shape index (κ1) is 93.1. The Morgan fingerprint density at radius 2 is 0.505 bits per heavy atom. The summed E-state index contributed by atoms with van der Waals surface area (Å²) in [5.41, 5.74) is 0. The maximum atomic E-state index is 13.1. The Hall–Kier alpha value is -1.94. The van der Waals surface area contributed by atoms with Gasteiger partial charge in [-0.1, -0.05) is 331 Å². The van der Waals surface area contributed by atoms with E-state index in [2.05, 4.69) is 55.4 Å². The molecule has 564 valence electrons. The lowest BCUT2D eigenvalue weighted by Gasteiger charge is -2.21. The van der Waals surface area contributed by atoms with Crippen LogP contribution in [-0.2, 0) is 65.4 Å². The number of aliphatic hydroxyl groups excluding tert-OH is 1. The number of carbonyl (C=O) groups excluding carboxylic acids is 4. The fraction of sp³-hybridized carbons (Fsp3) is 0.947. The second kappa shape index (κ2) is 65.4. The number of carbonyl (C=O) groups is 4.